The van der Waals surface area contributed by atoms with E-state index in [2.05, 4.69) is 18.2 Å². The molecule has 2 nitrogen and oxygen atoms in total. The molecular weight excluding hydrogens is 234 g/mol. The number of benzene rings is 1. The minimum atomic E-state index is 0.205. The van der Waals surface area contributed by atoms with Crippen LogP contribution in [0.4, 0.5) is 0 Å². The summed E-state index contributed by atoms with van der Waals surface area (Å²) in [5.41, 5.74) is 7.77. The molecular formula is C17H23NO. The zero-order valence-electron chi connectivity index (χ0n) is 11.4. The molecule has 0 aromatic heterocycles. The van der Waals surface area contributed by atoms with Gasteiger partial charge in [-0.1, -0.05) is 24.6 Å². The molecule has 2 N–H and O–H groups in total. The first kappa shape index (κ1) is 11.8. The number of nitrogens with two attached hydrogens (primary N) is 1. The molecule has 19 heavy (non-hydrogen) atoms. The molecule has 2 aliphatic carbocycles. The summed E-state index contributed by atoms with van der Waals surface area (Å²) < 4.78 is 6.03. The van der Waals surface area contributed by atoms with Crippen LogP contribution < -0.4 is 10.5 Å². The van der Waals surface area contributed by atoms with Crippen molar-refractivity contribution in [3.63, 3.8) is 0 Å². The van der Waals surface area contributed by atoms with E-state index in [-0.39, 0.29) is 12.1 Å². The predicted octanol–water partition coefficient (Wildman–Crippen LogP) is 3.14. The third-order valence-electron chi connectivity index (χ3n) is 5.61. The van der Waals surface area contributed by atoms with E-state index in [1.807, 2.05) is 6.07 Å². The molecule has 4 rings (SSSR count). The maximum atomic E-state index is 6.44. The van der Waals surface area contributed by atoms with Gasteiger partial charge in [-0.2, -0.15) is 0 Å². The van der Waals surface area contributed by atoms with Crippen molar-refractivity contribution in [2.75, 3.05) is 0 Å². The Bertz CT molecular complexity index is 447. The number of hydrogen-bond acceptors (Lipinski definition) is 2. The molecule has 1 heterocycles. The van der Waals surface area contributed by atoms with E-state index in [1.54, 1.807) is 0 Å². The van der Waals surface area contributed by atoms with Crippen LogP contribution in [-0.4, -0.2) is 12.1 Å². The molecule has 2 fully saturated rings. The highest BCUT2D eigenvalue weighted by Gasteiger charge is 2.41. The Labute approximate surface area is 115 Å². The Morgan fingerprint density at radius 1 is 1.21 bits per heavy atom. The average molecular weight is 257 g/mol. The second-order valence-electron chi connectivity index (χ2n) is 6.80. The summed E-state index contributed by atoms with van der Waals surface area (Å²) in [6.07, 6.45) is 8.20. The number of para-hydroxylation sites is 1. The van der Waals surface area contributed by atoms with Gasteiger partial charge in [0, 0.05) is 12.5 Å². The first-order valence-corrected chi connectivity index (χ1v) is 7.79. The highest BCUT2D eigenvalue weighted by atomic mass is 16.5. The minimum absolute atomic E-state index is 0.205. The maximum absolute atomic E-state index is 6.44. The quantitative estimate of drug-likeness (QED) is 0.903. The summed E-state index contributed by atoms with van der Waals surface area (Å²) in [6.45, 7) is 0. The minimum Gasteiger partial charge on any atom is -0.488 e. The van der Waals surface area contributed by atoms with E-state index in [0.29, 0.717) is 0 Å². The Morgan fingerprint density at radius 3 is 2.84 bits per heavy atom. The van der Waals surface area contributed by atoms with Gasteiger partial charge in [-0.05, 0) is 55.1 Å². The molecule has 2 saturated carbocycles. The molecule has 0 spiro atoms. The summed E-state index contributed by atoms with van der Waals surface area (Å²) in [5, 5.41) is 0. The normalized spacial score (nSPS) is 37.1. The summed E-state index contributed by atoms with van der Waals surface area (Å²) in [6, 6.07) is 8.57. The molecule has 1 aliphatic heterocycles. The van der Waals surface area contributed by atoms with Crippen LogP contribution in [0.2, 0.25) is 0 Å². The first-order chi connectivity index (χ1) is 9.29. The predicted molar refractivity (Wildman–Crippen MR) is 76.1 cm³/mol. The lowest BCUT2D eigenvalue weighted by molar-refractivity contribution is 0.168. The summed E-state index contributed by atoms with van der Waals surface area (Å²) in [5.74, 6) is 3.92. The molecule has 0 amide bonds. The van der Waals surface area contributed by atoms with Crippen molar-refractivity contribution in [2.45, 2.75) is 50.7 Å². The number of hydrogen-bond donors (Lipinski definition) is 1. The van der Waals surface area contributed by atoms with Crippen LogP contribution in [-0.2, 0) is 6.42 Å². The smallest absolute Gasteiger partial charge is 0.123 e. The fourth-order valence-corrected chi connectivity index (χ4v) is 4.61. The van der Waals surface area contributed by atoms with Crippen molar-refractivity contribution < 1.29 is 4.74 Å². The van der Waals surface area contributed by atoms with E-state index in [4.69, 9.17) is 10.5 Å². The number of fused-ring (bicyclic) bond motifs is 3. The Balaban J connectivity index is 1.39. The first-order valence-electron chi connectivity index (χ1n) is 7.79. The molecule has 5 unspecified atom stereocenters. The van der Waals surface area contributed by atoms with Gasteiger partial charge in [-0.25, -0.2) is 0 Å². The summed E-state index contributed by atoms with van der Waals surface area (Å²) in [4.78, 5) is 0. The molecule has 1 aromatic carbocycles. The second-order valence-corrected chi connectivity index (χ2v) is 6.80. The van der Waals surface area contributed by atoms with Crippen molar-refractivity contribution in [3.8, 4) is 5.75 Å². The number of ether oxygens (including phenoxy) is 1. The highest BCUT2D eigenvalue weighted by molar-refractivity contribution is 5.37. The monoisotopic (exact) mass is 257 g/mol. The lowest BCUT2D eigenvalue weighted by Crippen LogP contribution is -2.40. The fourth-order valence-electron chi connectivity index (χ4n) is 4.61. The van der Waals surface area contributed by atoms with Gasteiger partial charge in [0.05, 0.1) is 0 Å². The van der Waals surface area contributed by atoms with Gasteiger partial charge in [0.2, 0.25) is 0 Å². The third kappa shape index (κ3) is 2.06. The van der Waals surface area contributed by atoms with Gasteiger partial charge in [0.15, 0.2) is 0 Å². The van der Waals surface area contributed by atoms with Crippen LogP contribution in [0.5, 0.6) is 5.75 Å². The fraction of sp³-hybridized carbons (Fsp3) is 0.647. The Kier molecular flexibility index (Phi) is 2.80. The molecule has 3 aliphatic rings. The van der Waals surface area contributed by atoms with Gasteiger partial charge >= 0.3 is 0 Å². The van der Waals surface area contributed by atoms with Crippen LogP contribution >= 0.6 is 0 Å². The zero-order valence-corrected chi connectivity index (χ0v) is 11.4. The summed E-state index contributed by atoms with van der Waals surface area (Å²) in [7, 11) is 0. The largest absolute Gasteiger partial charge is 0.488 e. The highest BCUT2D eigenvalue weighted by Crippen LogP contribution is 2.50. The van der Waals surface area contributed by atoms with Crippen molar-refractivity contribution in [3.05, 3.63) is 29.8 Å². The lowest BCUT2D eigenvalue weighted by atomic mass is 9.83. The van der Waals surface area contributed by atoms with E-state index in [1.165, 1.54) is 37.7 Å². The Hall–Kier alpha value is -1.02. The van der Waals surface area contributed by atoms with Gasteiger partial charge < -0.3 is 10.5 Å². The van der Waals surface area contributed by atoms with E-state index in [0.717, 1.165) is 29.9 Å². The molecule has 0 saturated heterocycles. The molecule has 102 valence electrons. The Morgan fingerprint density at radius 2 is 2.11 bits per heavy atom. The van der Waals surface area contributed by atoms with E-state index >= 15 is 0 Å². The van der Waals surface area contributed by atoms with Gasteiger partial charge in [0.25, 0.3) is 0 Å². The van der Waals surface area contributed by atoms with Gasteiger partial charge in [-0.3, -0.25) is 0 Å². The van der Waals surface area contributed by atoms with Gasteiger partial charge in [-0.15, -0.1) is 0 Å². The number of rotatable bonds is 3. The van der Waals surface area contributed by atoms with Crippen molar-refractivity contribution >= 4 is 0 Å². The lowest BCUT2D eigenvalue weighted by Gasteiger charge is -2.27. The summed E-state index contributed by atoms with van der Waals surface area (Å²) >= 11 is 0. The molecule has 5 atom stereocenters. The van der Waals surface area contributed by atoms with Crippen LogP contribution in [0, 0.1) is 17.8 Å². The van der Waals surface area contributed by atoms with E-state index in [9.17, 15) is 0 Å². The van der Waals surface area contributed by atoms with Crippen LogP contribution in [0.15, 0.2) is 24.3 Å². The van der Waals surface area contributed by atoms with Crippen LogP contribution in [0.1, 0.15) is 37.7 Å². The topological polar surface area (TPSA) is 35.2 Å². The third-order valence-corrected chi connectivity index (χ3v) is 5.61. The SMILES string of the molecule is NC(CC1CC2CCC1C2)C1Cc2ccccc2O1. The van der Waals surface area contributed by atoms with Gasteiger partial charge in [0.1, 0.15) is 11.9 Å². The second kappa shape index (κ2) is 4.52. The van der Waals surface area contributed by atoms with Crippen molar-refractivity contribution in [1.29, 1.82) is 0 Å². The van der Waals surface area contributed by atoms with Crippen LogP contribution in [0.25, 0.3) is 0 Å². The zero-order chi connectivity index (χ0) is 12.8. The molecule has 0 radical (unpaired) electrons. The average Bonchev–Trinajstić information content (AvgIpc) is 3.12. The van der Waals surface area contributed by atoms with E-state index < -0.39 is 0 Å². The molecule has 1 aromatic rings. The van der Waals surface area contributed by atoms with Crippen molar-refractivity contribution in [1.82, 2.24) is 0 Å². The standard InChI is InChI=1S/C17H23NO/c18-15(9-14-8-11-5-6-12(14)7-11)17-10-13-3-1-2-4-16(13)19-17/h1-4,11-12,14-15,17H,5-10,18H2. The maximum Gasteiger partial charge on any atom is 0.123 e. The molecule has 2 heteroatoms. The van der Waals surface area contributed by atoms with Crippen molar-refractivity contribution in [2.24, 2.45) is 23.5 Å². The molecule has 2 bridgehead atoms. The van der Waals surface area contributed by atoms with Crippen LogP contribution in [0.3, 0.4) is 0 Å².